The van der Waals surface area contributed by atoms with E-state index in [1.54, 1.807) is 30.2 Å². The van der Waals surface area contributed by atoms with Crippen LogP contribution in [0.2, 0.25) is 5.02 Å². The molecule has 0 unspecified atom stereocenters. The van der Waals surface area contributed by atoms with E-state index in [0.29, 0.717) is 43.6 Å². The largest absolute Gasteiger partial charge is 0.444 e. The highest BCUT2D eigenvalue weighted by atomic mass is 79.9. The minimum atomic E-state index is -4.58. The number of anilines is 1. The lowest BCUT2D eigenvalue weighted by Gasteiger charge is -2.45. The first-order valence-corrected chi connectivity index (χ1v) is 14.6. The molecule has 10 nitrogen and oxygen atoms in total. The van der Waals surface area contributed by atoms with E-state index >= 15 is 0 Å². The van der Waals surface area contributed by atoms with Gasteiger partial charge in [-0.3, -0.25) is 9.59 Å². The maximum atomic E-state index is 13.9. The Kier molecular flexibility index (Phi) is 7.84. The Hall–Kier alpha value is -3.13. The summed E-state index contributed by atoms with van der Waals surface area (Å²) in [6, 6.07) is 2.68. The molecule has 3 heterocycles. The van der Waals surface area contributed by atoms with Gasteiger partial charge in [-0.2, -0.15) is 22.7 Å². The molecular weight excluding hydrogens is 645 g/mol. The fraction of sp³-hybridized carbons (Fsp3) is 0.519. The number of aromatic nitrogens is 4. The van der Waals surface area contributed by atoms with Crippen molar-refractivity contribution in [1.29, 1.82) is 0 Å². The van der Waals surface area contributed by atoms with Crippen LogP contribution < -0.4 is 10.9 Å². The van der Waals surface area contributed by atoms with Gasteiger partial charge in [-0.05, 0) is 87.0 Å². The second-order valence-corrected chi connectivity index (χ2v) is 12.8. The molecule has 1 N–H and O–H groups in total. The summed E-state index contributed by atoms with van der Waals surface area (Å²) in [5.74, 6) is -0.412. The van der Waals surface area contributed by atoms with Gasteiger partial charge in [0.1, 0.15) is 12.1 Å². The third-order valence-corrected chi connectivity index (χ3v) is 8.32. The zero-order valence-corrected chi connectivity index (χ0v) is 25.5. The number of piperidine rings is 1. The van der Waals surface area contributed by atoms with Gasteiger partial charge in [0.05, 0.1) is 16.3 Å². The number of benzene rings is 1. The lowest BCUT2D eigenvalue weighted by molar-refractivity contribution is -0.137. The molecule has 1 fully saturated rings. The zero-order valence-electron chi connectivity index (χ0n) is 23.1. The summed E-state index contributed by atoms with van der Waals surface area (Å²) in [7, 11) is 0. The van der Waals surface area contributed by atoms with Crippen molar-refractivity contribution in [3.63, 3.8) is 0 Å². The molecule has 1 aliphatic heterocycles. The second kappa shape index (κ2) is 10.9. The molecule has 0 saturated carbocycles. The molecule has 1 aliphatic carbocycles. The molecule has 0 bridgehead atoms. The van der Waals surface area contributed by atoms with Crippen molar-refractivity contribution in [3.05, 3.63) is 55.1 Å². The number of nitrogens with zero attached hydrogens (tertiary/aromatic N) is 5. The van der Waals surface area contributed by atoms with Crippen LogP contribution in [0.3, 0.4) is 0 Å². The first-order chi connectivity index (χ1) is 19.6. The van der Waals surface area contributed by atoms with Crippen LogP contribution in [0.1, 0.15) is 63.3 Å². The summed E-state index contributed by atoms with van der Waals surface area (Å²) >= 11 is 9.28. The van der Waals surface area contributed by atoms with Crippen molar-refractivity contribution >= 4 is 51.0 Å². The van der Waals surface area contributed by atoms with Crippen LogP contribution in [0.25, 0.3) is 5.78 Å². The number of nitrogens with one attached hydrogen (secondary N) is 1. The summed E-state index contributed by atoms with van der Waals surface area (Å²) < 4.78 is 47.6. The van der Waals surface area contributed by atoms with E-state index in [2.05, 4.69) is 31.3 Å². The lowest BCUT2D eigenvalue weighted by atomic mass is 9.66. The number of carbonyl (C=O) groups excluding carboxylic acids is 2. The molecule has 15 heteroatoms. The lowest BCUT2D eigenvalue weighted by Crippen LogP contribution is -2.50. The minimum absolute atomic E-state index is 0.0224. The molecule has 0 atom stereocenters. The highest BCUT2D eigenvalue weighted by Crippen LogP contribution is 2.44. The van der Waals surface area contributed by atoms with Gasteiger partial charge < -0.3 is 19.5 Å². The summed E-state index contributed by atoms with van der Waals surface area (Å²) in [6.07, 6.45) is -1.93. The van der Waals surface area contributed by atoms with E-state index in [9.17, 15) is 27.6 Å². The van der Waals surface area contributed by atoms with Crippen molar-refractivity contribution in [2.75, 3.05) is 18.4 Å². The van der Waals surface area contributed by atoms with Gasteiger partial charge >= 0.3 is 12.3 Å². The van der Waals surface area contributed by atoms with E-state index in [4.69, 9.17) is 16.3 Å². The van der Waals surface area contributed by atoms with Crippen LogP contribution in [0, 0.1) is 0 Å². The summed E-state index contributed by atoms with van der Waals surface area (Å²) in [5.41, 5.74) is -1.21. The van der Waals surface area contributed by atoms with Gasteiger partial charge in [0.25, 0.3) is 5.56 Å². The zero-order chi connectivity index (χ0) is 30.6. The molecule has 2 aliphatic rings. The van der Waals surface area contributed by atoms with Crippen LogP contribution in [0.5, 0.6) is 0 Å². The maximum absolute atomic E-state index is 13.9. The molecule has 3 aromatic rings. The van der Waals surface area contributed by atoms with Gasteiger partial charge in [0.2, 0.25) is 16.4 Å². The molecular formula is C27H29BrClF3N6O4. The topological polar surface area (TPSA) is 111 Å². The van der Waals surface area contributed by atoms with Crippen LogP contribution >= 0.6 is 27.5 Å². The Morgan fingerprint density at radius 2 is 1.86 bits per heavy atom. The Morgan fingerprint density at radius 3 is 2.48 bits per heavy atom. The van der Waals surface area contributed by atoms with Crippen LogP contribution in [-0.4, -0.2) is 54.8 Å². The van der Waals surface area contributed by atoms with Gasteiger partial charge in [-0.1, -0.05) is 11.6 Å². The Morgan fingerprint density at radius 1 is 1.17 bits per heavy atom. The Bertz CT molecular complexity index is 1620. The van der Waals surface area contributed by atoms with E-state index in [1.807, 2.05) is 0 Å². The Labute approximate surface area is 252 Å². The normalized spacial score (nSPS) is 16.9. The fourth-order valence-electron chi connectivity index (χ4n) is 5.82. The fourth-order valence-corrected chi connectivity index (χ4v) is 6.37. The number of hydrogen-bond acceptors (Lipinski definition) is 6. The monoisotopic (exact) mass is 672 g/mol. The summed E-state index contributed by atoms with van der Waals surface area (Å²) in [5, 5.41) is 6.54. The van der Waals surface area contributed by atoms with Gasteiger partial charge in [-0.15, -0.1) is 5.10 Å². The average molecular weight is 674 g/mol. The third-order valence-electron chi connectivity index (χ3n) is 7.67. The molecule has 1 saturated heterocycles. The third kappa shape index (κ3) is 5.87. The SMILES string of the molecule is CC(C)(C)OC(=O)N1CCC2(CCCc3c2c(=O)n2nc(Br)nc2n3CC(=O)Nc2ccc(C(F)(F)F)cc2Cl)CC1. The molecule has 2 amide bonds. The predicted molar refractivity (Wildman–Crippen MR) is 152 cm³/mol. The standard InChI is InChI=1S/C27H29BrClF3N6O4/c1-25(2,3)42-24(41)36-11-9-26(10-12-36)8-4-5-18-20(26)21(40)38-23(34-22(28)35-38)37(18)14-19(39)33-17-7-6-15(13-16(17)29)27(30,31)32/h6-7,13H,4-5,8-12,14H2,1-3H3,(H,33,39). The van der Waals surface area contributed by atoms with Crippen LogP contribution in [0.4, 0.5) is 23.7 Å². The number of hydrogen-bond donors (Lipinski definition) is 1. The van der Waals surface area contributed by atoms with Crippen molar-refractivity contribution in [2.45, 2.75) is 76.6 Å². The maximum Gasteiger partial charge on any atom is 0.416 e. The molecule has 2 aromatic heterocycles. The molecule has 1 aromatic carbocycles. The smallest absolute Gasteiger partial charge is 0.416 e. The highest BCUT2D eigenvalue weighted by molar-refractivity contribution is 9.10. The first kappa shape index (κ1) is 30.3. The number of likely N-dealkylation sites (tertiary alicyclic amines) is 1. The quantitative estimate of drug-likeness (QED) is 0.390. The predicted octanol–water partition coefficient (Wildman–Crippen LogP) is 5.57. The number of fused-ring (bicyclic) bond motifs is 3. The molecule has 5 rings (SSSR count). The number of carbonyl (C=O) groups is 2. The Balaban J connectivity index is 1.47. The number of amides is 2. The molecule has 226 valence electrons. The molecule has 0 radical (unpaired) electrons. The highest BCUT2D eigenvalue weighted by Gasteiger charge is 2.45. The van der Waals surface area contributed by atoms with Gasteiger partial charge in [0.15, 0.2) is 0 Å². The summed E-state index contributed by atoms with van der Waals surface area (Å²) in [6.45, 7) is 5.94. The van der Waals surface area contributed by atoms with E-state index < -0.39 is 34.8 Å². The van der Waals surface area contributed by atoms with Crippen molar-refractivity contribution in [3.8, 4) is 0 Å². The van der Waals surface area contributed by atoms with E-state index in [1.165, 1.54) is 0 Å². The first-order valence-electron chi connectivity index (χ1n) is 13.4. The van der Waals surface area contributed by atoms with Crippen LogP contribution in [0.15, 0.2) is 27.7 Å². The van der Waals surface area contributed by atoms with Gasteiger partial charge in [-0.25, -0.2) is 4.79 Å². The van der Waals surface area contributed by atoms with Crippen molar-refractivity contribution in [1.82, 2.24) is 24.1 Å². The van der Waals surface area contributed by atoms with Crippen LogP contribution in [-0.2, 0) is 34.1 Å². The second-order valence-electron chi connectivity index (χ2n) is 11.6. The number of ether oxygens (including phenoxy) is 1. The number of alkyl halides is 3. The average Bonchev–Trinajstić information content (AvgIpc) is 3.28. The number of rotatable bonds is 3. The van der Waals surface area contributed by atoms with E-state index in [0.717, 1.165) is 35.6 Å². The van der Waals surface area contributed by atoms with Gasteiger partial charge in [0, 0.05) is 29.8 Å². The minimum Gasteiger partial charge on any atom is -0.444 e. The number of halogens is 5. The molecule has 42 heavy (non-hydrogen) atoms. The van der Waals surface area contributed by atoms with E-state index in [-0.39, 0.29) is 33.3 Å². The summed E-state index contributed by atoms with van der Waals surface area (Å²) in [4.78, 5) is 45.8. The van der Waals surface area contributed by atoms with Crippen molar-refractivity contribution < 1.29 is 27.5 Å². The van der Waals surface area contributed by atoms with Crippen molar-refractivity contribution in [2.24, 2.45) is 0 Å². The molecule has 1 spiro atoms.